The first-order valence-corrected chi connectivity index (χ1v) is 12.6. The fourth-order valence-electron chi connectivity index (χ4n) is 5.16. The van der Waals surface area contributed by atoms with E-state index in [0.29, 0.717) is 11.6 Å². The van der Waals surface area contributed by atoms with Crippen LogP contribution in [0.25, 0.3) is 50.3 Å². The predicted octanol–water partition coefficient (Wildman–Crippen LogP) is 7.90. The van der Waals surface area contributed by atoms with Gasteiger partial charge in [0, 0.05) is 33.5 Å². The van der Waals surface area contributed by atoms with E-state index in [0.717, 1.165) is 29.1 Å². The highest BCUT2D eigenvalue weighted by Crippen LogP contribution is 2.33. The van der Waals surface area contributed by atoms with Gasteiger partial charge in [-0.15, -0.1) is 0 Å². The van der Waals surface area contributed by atoms with Gasteiger partial charge < -0.3 is 4.57 Å². The Morgan fingerprint density at radius 1 is 0.595 bits per heavy atom. The molecule has 0 N–H and O–H groups in total. The van der Waals surface area contributed by atoms with Gasteiger partial charge in [0.2, 0.25) is 0 Å². The molecule has 0 saturated carbocycles. The lowest BCUT2D eigenvalue weighted by atomic mass is 10.00. The molecule has 0 bridgehead atoms. The maximum Gasteiger partial charge on any atom is 0.163 e. The number of rotatable bonds is 4. The first kappa shape index (κ1) is 21.5. The van der Waals surface area contributed by atoms with Crippen molar-refractivity contribution in [2.24, 2.45) is 0 Å². The van der Waals surface area contributed by atoms with Crippen molar-refractivity contribution < 1.29 is 0 Å². The Morgan fingerprint density at radius 3 is 1.95 bits per heavy atom. The third-order valence-electron chi connectivity index (χ3n) is 6.94. The number of benzene rings is 4. The molecule has 0 spiro atoms. The van der Waals surface area contributed by atoms with Gasteiger partial charge in [-0.05, 0) is 30.7 Å². The molecule has 4 aromatic carbocycles. The van der Waals surface area contributed by atoms with E-state index in [-0.39, 0.29) is 5.92 Å². The number of fused-ring (bicyclic) bond motifs is 3. The summed E-state index contributed by atoms with van der Waals surface area (Å²) in [6.45, 7) is 0. The Labute approximate surface area is 215 Å². The lowest BCUT2D eigenvalue weighted by molar-refractivity contribution is 0.764. The van der Waals surface area contributed by atoms with E-state index in [1.165, 1.54) is 21.8 Å². The number of nitrogens with zero attached hydrogens (tertiary/aromatic N) is 4. The Bertz CT molecular complexity index is 1760. The zero-order valence-electron chi connectivity index (χ0n) is 20.2. The van der Waals surface area contributed by atoms with Crippen LogP contribution in [0.15, 0.2) is 127 Å². The van der Waals surface area contributed by atoms with Crippen molar-refractivity contribution in [3.05, 3.63) is 133 Å². The van der Waals surface area contributed by atoms with Gasteiger partial charge in [0.05, 0.1) is 11.0 Å². The molecule has 0 saturated heterocycles. The zero-order chi connectivity index (χ0) is 24.6. The van der Waals surface area contributed by atoms with Gasteiger partial charge in [-0.3, -0.25) is 0 Å². The Hall–Kier alpha value is -4.83. The molecule has 4 nitrogen and oxygen atoms in total. The molecule has 0 radical (unpaired) electrons. The Morgan fingerprint density at radius 2 is 1.24 bits per heavy atom. The molecule has 37 heavy (non-hydrogen) atoms. The maximum absolute atomic E-state index is 4.98. The highest BCUT2D eigenvalue weighted by atomic mass is 15.0. The van der Waals surface area contributed by atoms with Crippen LogP contribution >= 0.6 is 0 Å². The number of aromatic nitrogens is 4. The van der Waals surface area contributed by atoms with Crippen molar-refractivity contribution in [3.8, 4) is 28.5 Å². The summed E-state index contributed by atoms with van der Waals surface area (Å²) in [5, 5.41) is 2.49. The first-order valence-electron chi connectivity index (χ1n) is 12.6. The average molecular weight is 477 g/mol. The molecule has 0 amide bonds. The topological polar surface area (TPSA) is 43.6 Å². The second-order valence-corrected chi connectivity index (χ2v) is 9.28. The van der Waals surface area contributed by atoms with Crippen LogP contribution in [0.1, 0.15) is 18.2 Å². The van der Waals surface area contributed by atoms with Crippen LogP contribution in [0.3, 0.4) is 0 Å². The minimum atomic E-state index is 0.134. The molecule has 7 rings (SSSR count). The second kappa shape index (κ2) is 8.99. The summed E-state index contributed by atoms with van der Waals surface area (Å²) in [6, 6.07) is 35.8. The molecule has 176 valence electrons. The normalized spacial score (nSPS) is 15.0. The third-order valence-corrected chi connectivity index (χ3v) is 6.94. The first-order chi connectivity index (χ1) is 18.3. The number of hydrogen-bond acceptors (Lipinski definition) is 3. The number of para-hydroxylation sites is 2. The molecule has 1 aliphatic rings. The van der Waals surface area contributed by atoms with Crippen molar-refractivity contribution in [2.75, 3.05) is 0 Å². The molecular weight excluding hydrogens is 452 g/mol. The molecule has 1 aliphatic carbocycles. The van der Waals surface area contributed by atoms with Crippen molar-refractivity contribution in [1.82, 2.24) is 19.5 Å². The summed E-state index contributed by atoms with van der Waals surface area (Å²) in [6.07, 6.45) is 9.37. The summed E-state index contributed by atoms with van der Waals surface area (Å²) < 4.78 is 2.32. The fourth-order valence-corrected chi connectivity index (χ4v) is 5.16. The zero-order valence-corrected chi connectivity index (χ0v) is 20.2. The predicted molar refractivity (Wildman–Crippen MR) is 151 cm³/mol. The standard InChI is InChI=1S/C33H24N4/c1-3-12-23(13-4-1)31-34-32(24-14-5-2-6-15-24)36-33(35-31)25-16-11-17-26(22-25)37-29-20-9-7-18-27(29)28-19-8-10-21-30(28)37/h1-14,16-22,24H,15H2/t24-/m0/s1. The quantitative estimate of drug-likeness (QED) is 0.260. The van der Waals surface area contributed by atoms with Gasteiger partial charge in [-0.1, -0.05) is 103 Å². The highest BCUT2D eigenvalue weighted by molar-refractivity contribution is 6.09. The van der Waals surface area contributed by atoms with Crippen LogP contribution in [-0.2, 0) is 0 Å². The summed E-state index contributed by atoms with van der Waals surface area (Å²) in [7, 11) is 0. The smallest absolute Gasteiger partial charge is 0.163 e. The molecule has 6 aromatic rings. The van der Waals surface area contributed by atoms with Crippen LogP contribution in [0.5, 0.6) is 0 Å². The molecule has 0 aliphatic heterocycles. The van der Waals surface area contributed by atoms with Crippen molar-refractivity contribution in [3.63, 3.8) is 0 Å². The van der Waals surface area contributed by atoms with E-state index in [1.54, 1.807) is 0 Å². The van der Waals surface area contributed by atoms with Gasteiger partial charge in [0.15, 0.2) is 11.6 Å². The minimum Gasteiger partial charge on any atom is -0.309 e. The monoisotopic (exact) mass is 476 g/mol. The molecule has 4 heteroatoms. The largest absolute Gasteiger partial charge is 0.309 e. The van der Waals surface area contributed by atoms with E-state index in [1.807, 2.05) is 30.3 Å². The van der Waals surface area contributed by atoms with E-state index in [9.17, 15) is 0 Å². The third kappa shape index (κ3) is 3.83. The molecule has 1 atom stereocenters. The summed E-state index contributed by atoms with van der Waals surface area (Å²) in [4.78, 5) is 14.8. The molecule has 2 aromatic heterocycles. The minimum absolute atomic E-state index is 0.134. The Kier molecular flexibility index (Phi) is 5.21. The average Bonchev–Trinajstić information content (AvgIpc) is 3.32. The van der Waals surface area contributed by atoms with Crippen molar-refractivity contribution in [2.45, 2.75) is 12.3 Å². The van der Waals surface area contributed by atoms with Gasteiger partial charge in [-0.2, -0.15) is 0 Å². The van der Waals surface area contributed by atoms with Gasteiger partial charge in [0.1, 0.15) is 5.82 Å². The van der Waals surface area contributed by atoms with Crippen molar-refractivity contribution >= 4 is 21.8 Å². The maximum atomic E-state index is 4.98. The lowest BCUT2D eigenvalue weighted by Gasteiger charge is -2.15. The SMILES string of the molecule is C1=CC[C@@H](c2nc(-c3ccccc3)nc(-c3cccc(-n4c5ccccc5c5ccccc54)c3)n2)C=C1. The van der Waals surface area contributed by atoms with Crippen LogP contribution in [0.2, 0.25) is 0 Å². The van der Waals surface area contributed by atoms with Crippen molar-refractivity contribution in [1.29, 1.82) is 0 Å². The van der Waals surface area contributed by atoms with E-state index < -0.39 is 0 Å². The van der Waals surface area contributed by atoms with Crippen LogP contribution < -0.4 is 0 Å². The van der Waals surface area contributed by atoms with Crippen LogP contribution in [0.4, 0.5) is 0 Å². The number of allylic oxidation sites excluding steroid dienone is 4. The summed E-state index contributed by atoms with van der Waals surface area (Å²) in [5.74, 6) is 2.32. The summed E-state index contributed by atoms with van der Waals surface area (Å²) in [5.41, 5.74) is 5.40. The molecular formula is C33H24N4. The molecule has 0 fully saturated rings. The van der Waals surface area contributed by atoms with E-state index >= 15 is 0 Å². The lowest BCUT2D eigenvalue weighted by Crippen LogP contribution is -2.08. The summed E-state index contributed by atoms with van der Waals surface area (Å²) >= 11 is 0. The van der Waals surface area contributed by atoms with E-state index in [2.05, 4.69) is 102 Å². The highest BCUT2D eigenvalue weighted by Gasteiger charge is 2.18. The molecule has 0 unspecified atom stereocenters. The fraction of sp³-hybridized carbons (Fsp3) is 0.0606. The van der Waals surface area contributed by atoms with Crippen LogP contribution in [-0.4, -0.2) is 19.5 Å². The van der Waals surface area contributed by atoms with Crippen LogP contribution in [0, 0.1) is 0 Å². The van der Waals surface area contributed by atoms with Gasteiger partial charge in [-0.25, -0.2) is 15.0 Å². The molecule has 2 heterocycles. The Balaban J connectivity index is 1.41. The second-order valence-electron chi connectivity index (χ2n) is 9.28. The number of hydrogen-bond donors (Lipinski definition) is 0. The van der Waals surface area contributed by atoms with E-state index in [4.69, 9.17) is 15.0 Å². The van der Waals surface area contributed by atoms with Gasteiger partial charge in [0.25, 0.3) is 0 Å². The van der Waals surface area contributed by atoms with Gasteiger partial charge >= 0.3 is 0 Å².